The molecule has 1 aromatic carbocycles. The van der Waals surface area contributed by atoms with Crippen LogP contribution in [0.25, 0.3) is 0 Å². The molecule has 25 heavy (non-hydrogen) atoms. The van der Waals surface area contributed by atoms with E-state index in [0.29, 0.717) is 43.6 Å². The fraction of sp³-hybridized carbons (Fsp3) is 0.611. The van der Waals surface area contributed by atoms with Crippen LogP contribution in [-0.4, -0.2) is 43.2 Å². The van der Waals surface area contributed by atoms with E-state index in [1.807, 2.05) is 30.9 Å². The van der Waals surface area contributed by atoms with Gasteiger partial charge in [-0.3, -0.25) is 4.79 Å². The van der Waals surface area contributed by atoms with Gasteiger partial charge in [0.1, 0.15) is 0 Å². The Kier molecular flexibility index (Phi) is 9.03. The Morgan fingerprint density at radius 3 is 2.40 bits per heavy atom. The Morgan fingerprint density at radius 1 is 1.28 bits per heavy atom. The van der Waals surface area contributed by atoms with Gasteiger partial charge >= 0.3 is 0 Å². The van der Waals surface area contributed by atoms with Crippen LogP contribution in [0.4, 0.5) is 0 Å². The highest BCUT2D eigenvalue weighted by molar-refractivity contribution is 9.10. The van der Waals surface area contributed by atoms with Crippen LogP contribution in [0.5, 0.6) is 11.5 Å². The molecule has 2 unspecified atom stereocenters. The van der Waals surface area contributed by atoms with Crippen molar-refractivity contribution in [3.8, 4) is 11.5 Å². The van der Waals surface area contributed by atoms with E-state index in [1.54, 1.807) is 0 Å². The maximum atomic E-state index is 12.7. The Bertz CT molecular complexity index is 586. The lowest BCUT2D eigenvalue weighted by Crippen LogP contribution is -2.35. The van der Waals surface area contributed by atoms with E-state index >= 15 is 0 Å². The third-order valence-electron chi connectivity index (χ3n) is 4.37. The molecule has 0 aromatic heterocycles. The molecule has 0 saturated carbocycles. The maximum absolute atomic E-state index is 12.7. The molecule has 2 atom stereocenters. The molecule has 1 amide bonds. The number of hydrogen-bond donors (Lipinski definition) is 1. The Morgan fingerprint density at radius 2 is 1.88 bits per heavy atom. The molecule has 142 valence electrons. The van der Waals surface area contributed by atoms with E-state index < -0.39 is 0 Å². The average Bonchev–Trinajstić information content (AvgIpc) is 2.93. The highest BCUT2D eigenvalue weighted by Crippen LogP contribution is 2.34. The number of likely N-dealkylation sites (tertiary alicyclic amines) is 1. The second kappa shape index (κ2) is 10.2. The molecule has 1 saturated heterocycles. The van der Waals surface area contributed by atoms with E-state index in [4.69, 9.17) is 15.2 Å². The van der Waals surface area contributed by atoms with Crippen LogP contribution in [0, 0.1) is 5.92 Å². The van der Waals surface area contributed by atoms with E-state index in [0.717, 1.165) is 23.0 Å². The number of hydrogen-bond acceptors (Lipinski definition) is 4. The topological polar surface area (TPSA) is 64.8 Å². The first-order valence-corrected chi connectivity index (χ1v) is 9.36. The number of amides is 1. The highest BCUT2D eigenvalue weighted by Gasteiger charge is 2.31. The molecule has 2 N–H and O–H groups in total. The Labute approximate surface area is 164 Å². The van der Waals surface area contributed by atoms with Crippen LogP contribution in [0.3, 0.4) is 0 Å². The first kappa shape index (κ1) is 22.1. The first-order valence-electron chi connectivity index (χ1n) is 8.57. The van der Waals surface area contributed by atoms with E-state index in [-0.39, 0.29) is 24.4 Å². The van der Waals surface area contributed by atoms with Gasteiger partial charge in [-0.05, 0) is 57.4 Å². The van der Waals surface area contributed by atoms with Gasteiger partial charge in [-0.15, -0.1) is 12.4 Å². The van der Waals surface area contributed by atoms with Crippen molar-refractivity contribution in [3.05, 3.63) is 22.2 Å². The molecular weight excluding hydrogens is 408 g/mol. The summed E-state index contributed by atoms with van der Waals surface area (Å²) in [5, 5.41) is 0. The number of carbonyl (C=O) groups excluding carboxylic acids is 1. The normalized spacial score (nSPS) is 19.5. The van der Waals surface area contributed by atoms with Crippen LogP contribution in [0.2, 0.25) is 0 Å². The van der Waals surface area contributed by atoms with Crippen LogP contribution < -0.4 is 15.2 Å². The predicted molar refractivity (Wildman–Crippen MR) is 106 cm³/mol. The van der Waals surface area contributed by atoms with Gasteiger partial charge in [0.25, 0.3) is 0 Å². The van der Waals surface area contributed by atoms with Crippen molar-refractivity contribution >= 4 is 34.2 Å². The lowest BCUT2D eigenvalue weighted by Gasteiger charge is -2.22. The monoisotopic (exact) mass is 434 g/mol. The average molecular weight is 436 g/mol. The maximum Gasteiger partial charge on any atom is 0.227 e. The molecule has 7 heteroatoms. The van der Waals surface area contributed by atoms with Crippen molar-refractivity contribution in [3.63, 3.8) is 0 Å². The second-order valence-electron chi connectivity index (χ2n) is 6.17. The summed E-state index contributed by atoms with van der Waals surface area (Å²) < 4.78 is 12.1. The quantitative estimate of drug-likeness (QED) is 0.713. The number of ether oxygens (including phenoxy) is 2. The minimum Gasteiger partial charge on any atom is -0.490 e. The van der Waals surface area contributed by atoms with E-state index in [2.05, 4.69) is 22.9 Å². The molecule has 2 rings (SSSR count). The number of halogens is 2. The SMILES string of the molecule is CCOc1cc(Br)c(CC(=O)N2CC(CN)CC2C)cc1OCC.Cl. The summed E-state index contributed by atoms with van der Waals surface area (Å²) in [5.74, 6) is 1.91. The summed E-state index contributed by atoms with van der Waals surface area (Å²) in [4.78, 5) is 14.7. The lowest BCUT2D eigenvalue weighted by atomic mass is 10.1. The number of rotatable bonds is 7. The zero-order chi connectivity index (χ0) is 17.7. The smallest absolute Gasteiger partial charge is 0.227 e. The molecule has 1 fully saturated rings. The molecule has 0 bridgehead atoms. The summed E-state index contributed by atoms with van der Waals surface area (Å²) in [6.07, 6.45) is 1.32. The Hall–Kier alpha value is -0.980. The van der Waals surface area contributed by atoms with E-state index in [9.17, 15) is 4.79 Å². The third kappa shape index (κ3) is 5.50. The standard InChI is InChI=1S/C18H27BrN2O3.ClH/c1-4-23-16-7-14(15(19)9-17(16)24-5-2)8-18(22)21-11-13(10-20)6-12(21)3;/h7,9,12-13H,4-6,8,10-11,20H2,1-3H3;1H. The minimum atomic E-state index is 0. The van der Waals surface area contributed by atoms with Gasteiger partial charge in [0, 0.05) is 17.1 Å². The fourth-order valence-corrected chi connectivity index (χ4v) is 3.64. The summed E-state index contributed by atoms with van der Waals surface area (Å²) in [6.45, 7) is 8.46. The van der Waals surface area contributed by atoms with Crippen molar-refractivity contribution in [2.75, 3.05) is 26.3 Å². The van der Waals surface area contributed by atoms with Gasteiger partial charge in [0.05, 0.1) is 19.6 Å². The van der Waals surface area contributed by atoms with Crippen LogP contribution in [0.1, 0.15) is 32.8 Å². The molecule has 1 aliphatic rings. The summed E-state index contributed by atoms with van der Waals surface area (Å²) in [6, 6.07) is 4.03. The molecule has 1 heterocycles. The molecular formula is C18H28BrClN2O3. The number of nitrogens with zero attached hydrogens (tertiary/aromatic N) is 1. The summed E-state index contributed by atoms with van der Waals surface area (Å²) in [7, 11) is 0. The van der Waals surface area contributed by atoms with Crippen molar-refractivity contribution in [1.29, 1.82) is 0 Å². The molecule has 1 aromatic rings. The molecule has 5 nitrogen and oxygen atoms in total. The molecule has 0 spiro atoms. The Balaban J connectivity index is 0.00000312. The van der Waals surface area contributed by atoms with Crippen molar-refractivity contribution in [1.82, 2.24) is 4.90 Å². The molecule has 0 aliphatic carbocycles. The number of carbonyl (C=O) groups is 1. The highest BCUT2D eigenvalue weighted by atomic mass is 79.9. The van der Waals surface area contributed by atoms with E-state index in [1.165, 1.54) is 0 Å². The van der Waals surface area contributed by atoms with Gasteiger partial charge in [0.15, 0.2) is 11.5 Å². The van der Waals surface area contributed by atoms with Crippen LogP contribution >= 0.6 is 28.3 Å². The summed E-state index contributed by atoms with van der Waals surface area (Å²) in [5.41, 5.74) is 6.67. The van der Waals surface area contributed by atoms with Crippen molar-refractivity contribution in [2.45, 2.75) is 39.7 Å². The predicted octanol–water partition coefficient (Wildman–Crippen LogP) is 3.41. The van der Waals surface area contributed by atoms with Gasteiger partial charge in [-0.2, -0.15) is 0 Å². The number of nitrogens with two attached hydrogens (primary N) is 1. The third-order valence-corrected chi connectivity index (χ3v) is 5.11. The number of benzene rings is 1. The zero-order valence-corrected chi connectivity index (χ0v) is 17.5. The van der Waals surface area contributed by atoms with Gasteiger partial charge in [0.2, 0.25) is 5.91 Å². The van der Waals surface area contributed by atoms with Crippen LogP contribution in [-0.2, 0) is 11.2 Å². The molecule has 0 radical (unpaired) electrons. The van der Waals surface area contributed by atoms with Crippen molar-refractivity contribution in [2.24, 2.45) is 11.7 Å². The lowest BCUT2D eigenvalue weighted by molar-refractivity contribution is -0.131. The molecule has 1 aliphatic heterocycles. The zero-order valence-electron chi connectivity index (χ0n) is 15.1. The van der Waals surface area contributed by atoms with Gasteiger partial charge < -0.3 is 20.1 Å². The van der Waals surface area contributed by atoms with Gasteiger partial charge in [-0.1, -0.05) is 15.9 Å². The largest absolute Gasteiger partial charge is 0.490 e. The fourth-order valence-electron chi connectivity index (χ4n) is 3.17. The van der Waals surface area contributed by atoms with Crippen LogP contribution in [0.15, 0.2) is 16.6 Å². The summed E-state index contributed by atoms with van der Waals surface area (Å²) >= 11 is 3.55. The van der Waals surface area contributed by atoms with Crippen molar-refractivity contribution < 1.29 is 14.3 Å². The minimum absolute atomic E-state index is 0. The second-order valence-corrected chi connectivity index (χ2v) is 7.02. The first-order chi connectivity index (χ1) is 11.5. The van der Waals surface area contributed by atoms with Gasteiger partial charge in [-0.25, -0.2) is 0 Å².